The second-order valence-corrected chi connectivity index (χ2v) is 4.64. The zero-order chi connectivity index (χ0) is 15.2. The topological polar surface area (TPSA) is 88.1 Å². The number of nitriles is 1. The molecule has 3 N–H and O–H groups in total. The Labute approximate surface area is 126 Å². The van der Waals surface area contributed by atoms with Crippen molar-refractivity contribution in [3.05, 3.63) is 53.1 Å². The number of amides is 1. The summed E-state index contributed by atoms with van der Waals surface area (Å²) >= 11 is 5.75. The minimum Gasteiger partial charge on any atom is -0.484 e. The van der Waals surface area contributed by atoms with Gasteiger partial charge in [-0.1, -0.05) is 11.6 Å². The van der Waals surface area contributed by atoms with Gasteiger partial charge in [0.25, 0.3) is 5.91 Å². The molecule has 106 valence electrons. The van der Waals surface area contributed by atoms with Crippen molar-refractivity contribution in [1.29, 1.82) is 5.26 Å². The number of ether oxygens (including phenoxy) is 1. The molecule has 0 aliphatic heterocycles. The molecule has 2 rings (SSSR count). The van der Waals surface area contributed by atoms with E-state index in [4.69, 9.17) is 27.3 Å². The van der Waals surface area contributed by atoms with Gasteiger partial charge in [-0.05, 0) is 42.5 Å². The monoisotopic (exact) mass is 301 g/mol. The number of carbonyl (C=O) groups is 1. The van der Waals surface area contributed by atoms with Crippen LogP contribution < -0.4 is 15.8 Å². The number of benzene rings is 2. The average Bonchev–Trinajstić information content (AvgIpc) is 2.48. The van der Waals surface area contributed by atoms with Crippen LogP contribution in [-0.4, -0.2) is 12.5 Å². The fourth-order valence-electron chi connectivity index (χ4n) is 1.61. The Bertz CT molecular complexity index is 693. The van der Waals surface area contributed by atoms with Gasteiger partial charge >= 0.3 is 0 Å². The van der Waals surface area contributed by atoms with Gasteiger partial charge < -0.3 is 15.8 Å². The average molecular weight is 302 g/mol. The second kappa shape index (κ2) is 6.64. The number of anilines is 2. The summed E-state index contributed by atoms with van der Waals surface area (Å²) < 4.78 is 5.32. The van der Waals surface area contributed by atoms with E-state index in [1.807, 2.05) is 6.07 Å². The molecule has 0 radical (unpaired) electrons. The predicted molar refractivity (Wildman–Crippen MR) is 81.1 cm³/mol. The van der Waals surface area contributed by atoms with Gasteiger partial charge in [-0.3, -0.25) is 4.79 Å². The van der Waals surface area contributed by atoms with Crippen LogP contribution in [0.2, 0.25) is 5.02 Å². The summed E-state index contributed by atoms with van der Waals surface area (Å²) in [7, 11) is 0. The third kappa shape index (κ3) is 4.13. The number of nitrogens with one attached hydrogen (secondary N) is 1. The van der Waals surface area contributed by atoms with Crippen molar-refractivity contribution in [3.63, 3.8) is 0 Å². The zero-order valence-corrected chi connectivity index (χ0v) is 11.7. The van der Waals surface area contributed by atoms with Gasteiger partial charge in [0, 0.05) is 5.02 Å². The SMILES string of the molecule is N#Cc1ccc(NC(=O)COc2ccc(Cl)cc2)c(N)c1. The lowest BCUT2D eigenvalue weighted by atomic mass is 10.2. The van der Waals surface area contributed by atoms with Crippen molar-refractivity contribution < 1.29 is 9.53 Å². The summed E-state index contributed by atoms with van der Waals surface area (Å²) in [5.74, 6) is 0.198. The first kappa shape index (κ1) is 14.7. The molecule has 1 amide bonds. The lowest BCUT2D eigenvalue weighted by Crippen LogP contribution is -2.20. The smallest absolute Gasteiger partial charge is 0.262 e. The van der Waals surface area contributed by atoms with Crippen LogP contribution in [0.3, 0.4) is 0 Å². The van der Waals surface area contributed by atoms with Crippen LogP contribution in [-0.2, 0) is 4.79 Å². The van der Waals surface area contributed by atoms with Crippen LogP contribution in [0.25, 0.3) is 0 Å². The minimum absolute atomic E-state index is 0.152. The van der Waals surface area contributed by atoms with Crippen molar-refractivity contribution >= 4 is 28.9 Å². The molecule has 2 aromatic rings. The van der Waals surface area contributed by atoms with Crippen LogP contribution in [0.15, 0.2) is 42.5 Å². The number of hydrogen-bond donors (Lipinski definition) is 2. The molecule has 0 atom stereocenters. The molecule has 0 aliphatic carbocycles. The quantitative estimate of drug-likeness (QED) is 0.850. The van der Waals surface area contributed by atoms with Crippen molar-refractivity contribution in [2.75, 3.05) is 17.7 Å². The highest BCUT2D eigenvalue weighted by Gasteiger charge is 2.07. The van der Waals surface area contributed by atoms with Crippen molar-refractivity contribution in [2.24, 2.45) is 0 Å². The molecule has 21 heavy (non-hydrogen) atoms. The molecule has 0 spiro atoms. The summed E-state index contributed by atoms with van der Waals surface area (Å²) in [4.78, 5) is 11.8. The van der Waals surface area contributed by atoms with Crippen LogP contribution in [0.1, 0.15) is 5.56 Å². The molecular weight excluding hydrogens is 290 g/mol. The fourth-order valence-corrected chi connectivity index (χ4v) is 1.74. The maximum absolute atomic E-state index is 11.8. The molecule has 0 fully saturated rings. The molecule has 0 aliphatic rings. The van der Waals surface area contributed by atoms with E-state index in [2.05, 4.69) is 5.32 Å². The summed E-state index contributed by atoms with van der Waals surface area (Å²) in [6.45, 7) is -0.152. The van der Waals surface area contributed by atoms with Gasteiger partial charge in [0.2, 0.25) is 0 Å². The Morgan fingerprint density at radius 2 is 2.00 bits per heavy atom. The van der Waals surface area contributed by atoms with Crippen LogP contribution in [0.4, 0.5) is 11.4 Å². The highest BCUT2D eigenvalue weighted by Crippen LogP contribution is 2.20. The van der Waals surface area contributed by atoms with E-state index in [0.29, 0.717) is 27.7 Å². The fraction of sp³-hybridized carbons (Fsp3) is 0.0667. The Morgan fingerprint density at radius 3 is 2.62 bits per heavy atom. The standard InChI is InChI=1S/C15H12ClN3O2/c16-11-2-4-12(5-3-11)21-9-15(20)19-14-6-1-10(8-17)7-13(14)18/h1-7H,9,18H2,(H,19,20). The van der Waals surface area contributed by atoms with E-state index in [9.17, 15) is 4.79 Å². The van der Waals surface area contributed by atoms with E-state index in [1.54, 1.807) is 36.4 Å². The van der Waals surface area contributed by atoms with Crippen molar-refractivity contribution in [1.82, 2.24) is 0 Å². The summed E-state index contributed by atoms with van der Waals surface area (Å²) in [5.41, 5.74) is 6.95. The minimum atomic E-state index is -0.346. The van der Waals surface area contributed by atoms with Gasteiger partial charge in [-0.25, -0.2) is 0 Å². The Morgan fingerprint density at radius 1 is 1.29 bits per heavy atom. The molecule has 6 heteroatoms. The molecule has 0 heterocycles. The molecule has 0 unspecified atom stereocenters. The first-order valence-electron chi connectivity index (χ1n) is 6.06. The van der Waals surface area contributed by atoms with Crippen molar-refractivity contribution in [3.8, 4) is 11.8 Å². The molecule has 5 nitrogen and oxygen atoms in total. The summed E-state index contributed by atoms with van der Waals surface area (Å²) in [6, 6.07) is 13.3. The third-order valence-corrected chi connectivity index (χ3v) is 2.89. The van der Waals surface area contributed by atoms with Gasteiger partial charge in [-0.15, -0.1) is 0 Å². The Balaban J connectivity index is 1.93. The number of hydrogen-bond acceptors (Lipinski definition) is 4. The molecule has 0 aromatic heterocycles. The number of nitrogen functional groups attached to an aromatic ring is 1. The van der Waals surface area contributed by atoms with Gasteiger partial charge in [0.1, 0.15) is 5.75 Å². The third-order valence-electron chi connectivity index (χ3n) is 2.64. The lowest BCUT2D eigenvalue weighted by Gasteiger charge is -2.09. The van der Waals surface area contributed by atoms with Crippen LogP contribution in [0, 0.1) is 11.3 Å². The van der Waals surface area contributed by atoms with Gasteiger partial charge in [0.05, 0.1) is 23.0 Å². The van der Waals surface area contributed by atoms with E-state index in [-0.39, 0.29) is 12.5 Å². The molecule has 0 saturated heterocycles. The highest BCUT2D eigenvalue weighted by molar-refractivity contribution is 6.30. The van der Waals surface area contributed by atoms with E-state index in [1.165, 1.54) is 6.07 Å². The van der Waals surface area contributed by atoms with Crippen molar-refractivity contribution in [2.45, 2.75) is 0 Å². The summed E-state index contributed by atoms with van der Waals surface area (Å²) in [5, 5.41) is 12.0. The van der Waals surface area contributed by atoms with Crippen LogP contribution >= 0.6 is 11.6 Å². The van der Waals surface area contributed by atoms with Gasteiger partial charge in [-0.2, -0.15) is 5.26 Å². The number of halogens is 1. The number of nitrogens with zero attached hydrogens (tertiary/aromatic N) is 1. The van der Waals surface area contributed by atoms with E-state index in [0.717, 1.165) is 0 Å². The molecule has 2 aromatic carbocycles. The highest BCUT2D eigenvalue weighted by atomic mass is 35.5. The Hall–Kier alpha value is -2.71. The lowest BCUT2D eigenvalue weighted by molar-refractivity contribution is -0.118. The first-order chi connectivity index (χ1) is 10.1. The molecular formula is C15H12ClN3O2. The number of carbonyl (C=O) groups excluding carboxylic acids is 1. The maximum atomic E-state index is 11.8. The molecule has 0 bridgehead atoms. The van der Waals surface area contributed by atoms with Crippen LogP contribution in [0.5, 0.6) is 5.75 Å². The largest absolute Gasteiger partial charge is 0.484 e. The summed E-state index contributed by atoms with van der Waals surface area (Å²) in [6.07, 6.45) is 0. The maximum Gasteiger partial charge on any atom is 0.262 e. The van der Waals surface area contributed by atoms with Gasteiger partial charge in [0.15, 0.2) is 6.61 Å². The predicted octanol–water partition coefficient (Wildman–Crippen LogP) is 2.81. The first-order valence-corrected chi connectivity index (χ1v) is 6.44. The van der Waals surface area contributed by atoms with E-state index < -0.39 is 0 Å². The second-order valence-electron chi connectivity index (χ2n) is 4.20. The normalized spacial score (nSPS) is 9.71. The zero-order valence-electron chi connectivity index (χ0n) is 11.0. The van der Waals surface area contributed by atoms with E-state index >= 15 is 0 Å². The molecule has 0 saturated carbocycles. The Kier molecular flexibility index (Phi) is 4.64. The number of rotatable bonds is 4. The number of nitrogens with two attached hydrogens (primary N) is 1.